The lowest BCUT2D eigenvalue weighted by molar-refractivity contribution is 0.398. The van der Waals surface area contributed by atoms with Gasteiger partial charge in [0.2, 0.25) is 5.88 Å². The van der Waals surface area contributed by atoms with E-state index in [1.807, 2.05) is 24.3 Å². The van der Waals surface area contributed by atoms with E-state index < -0.39 is 0 Å². The predicted octanol–water partition coefficient (Wildman–Crippen LogP) is 2.74. The van der Waals surface area contributed by atoms with E-state index >= 15 is 0 Å². The zero-order chi connectivity index (χ0) is 14.5. The van der Waals surface area contributed by atoms with Crippen molar-refractivity contribution in [1.29, 1.82) is 0 Å². The van der Waals surface area contributed by atoms with Gasteiger partial charge < -0.3 is 14.8 Å². The summed E-state index contributed by atoms with van der Waals surface area (Å²) in [5.74, 6) is 2.41. The van der Waals surface area contributed by atoms with Crippen molar-refractivity contribution in [2.24, 2.45) is 0 Å². The van der Waals surface area contributed by atoms with Crippen LogP contribution in [0, 0.1) is 0 Å². The van der Waals surface area contributed by atoms with Crippen molar-refractivity contribution in [2.45, 2.75) is 18.8 Å². The Hall–Kier alpha value is -2.14. The normalized spacial score (nSPS) is 18.2. The molecule has 0 bridgehead atoms. The maximum absolute atomic E-state index is 5.92. The Kier molecular flexibility index (Phi) is 4.31. The van der Waals surface area contributed by atoms with E-state index in [0.717, 1.165) is 37.4 Å². The number of benzene rings is 1. The fourth-order valence-electron chi connectivity index (χ4n) is 2.56. The third-order valence-electron chi connectivity index (χ3n) is 3.63. The van der Waals surface area contributed by atoms with Crippen LogP contribution >= 0.6 is 0 Å². The highest BCUT2D eigenvalue weighted by atomic mass is 16.5. The lowest BCUT2D eigenvalue weighted by Crippen LogP contribution is -2.29. The van der Waals surface area contributed by atoms with Crippen LogP contribution in [0.5, 0.6) is 17.4 Å². The summed E-state index contributed by atoms with van der Waals surface area (Å²) in [6.45, 7) is 2.00. The quantitative estimate of drug-likeness (QED) is 0.936. The molecule has 2 aromatic rings. The van der Waals surface area contributed by atoms with E-state index in [4.69, 9.17) is 9.47 Å². The fraction of sp³-hybridized carbons (Fsp3) is 0.375. The lowest BCUT2D eigenvalue weighted by atomic mass is 9.96. The Morgan fingerprint density at radius 3 is 2.86 bits per heavy atom. The third kappa shape index (κ3) is 3.31. The molecule has 1 aromatic carbocycles. The monoisotopic (exact) mass is 285 g/mol. The van der Waals surface area contributed by atoms with Gasteiger partial charge in [0.25, 0.3) is 0 Å². The van der Waals surface area contributed by atoms with Gasteiger partial charge in [-0.25, -0.2) is 4.98 Å². The van der Waals surface area contributed by atoms with Crippen LogP contribution in [0.15, 0.2) is 36.7 Å². The minimum absolute atomic E-state index is 0.355. The van der Waals surface area contributed by atoms with Crippen molar-refractivity contribution in [2.75, 3.05) is 20.2 Å². The van der Waals surface area contributed by atoms with Gasteiger partial charge in [0.15, 0.2) is 0 Å². The summed E-state index contributed by atoms with van der Waals surface area (Å²) in [6.07, 6.45) is 5.65. The standard InChI is InChI=1S/C16H19N3O2/c1-20-13-5-2-6-14(10-13)21-16-15(18-8-9-19-16)12-4-3-7-17-11-12/h2,5-6,8-10,12,17H,3-4,7,11H2,1H3. The second-order valence-electron chi connectivity index (χ2n) is 5.07. The molecule has 1 N–H and O–H groups in total. The number of hydrogen-bond donors (Lipinski definition) is 1. The van der Waals surface area contributed by atoms with Crippen LogP contribution in [-0.2, 0) is 0 Å². The van der Waals surface area contributed by atoms with Crippen LogP contribution in [0.25, 0.3) is 0 Å². The van der Waals surface area contributed by atoms with Gasteiger partial charge in [-0.05, 0) is 31.5 Å². The maximum atomic E-state index is 5.92. The average molecular weight is 285 g/mol. The van der Waals surface area contributed by atoms with E-state index in [9.17, 15) is 0 Å². The summed E-state index contributed by atoms with van der Waals surface area (Å²) in [5.41, 5.74) is 0.924. The Labute approximate surface area is 124 Å². The highest BCUT2D eigenvalue weighted by Gasteiger charge is 2.21. The molecule has 5 nitrogen and oxygen atoms in total. The van der Waals surface area contributed by atoms with Gasteiger partial charge in [-0.2, -0.15) is 0 Å². The van der Waals surface area contributed by atoms with Gasteiger partial charge in [-0.15, -0.1) is 0 Å². The molecule has 110 valence electrons. The number of piperidine rings is 1. The molecule has 5 heteroatoms. The number of aromatic nitrogens is 2. The lowest BCUT2D eigenvalue weighted by Gasteiger charge is -2.23. The second-order valence-corrected chi connectivity index (χ2v) is 5.07. The van der Waals surface area contributed by atoms with Gasteiger partial charge in [0.1, 0.15) is 17.2 Å². The number of hydrogen-bond acceptors (Lipinski definition) is 5. The zero-order valence-corrected chi connectivity index (χ0v) is 12.1. The molecule has 2 heterocycles. The van der Waals surface area contributed by atoms with Crippen molar-refractivity contribution in [3.05, 3.63) is 42.4 Å². The number of nitrogens with zero attached hydrogens (tertiary/aromatic N) is 2. The molecule has 1 aromatic heterocycles. The first-order chi connectivity index (χ1) is 10.4. The third-order valence-corrected chi connectivity index (χ3v) is 3.63. The Bertz CT molecular complexity index is 598. The van der Waals surface area contributed by atoms with Crippen molar-refractivity contribution >= 4 is 0 Å². The average Bonchev–Trinajstić information content (AvgIpc) is 2.56. The summed E-state index contributed by atoms with van der Waals surface area (Å²) in [6, 6.07) is 7.51. The van der Waals surface area contributed by atoms with Gasteiger partial charge in [0, 0.05) is 30.9 Å². The molecule has 0 spiro atoms. The van der Waals surface area contributed by atoms with Crippen molar-refractivity contribution in [1.82, 2.24) is 15.3 Å². The molecule has 1 aliphatic rings. The first-order valence-corrected chi connectivity index (χ1v) is 7.20. The van der Waals surface area contributed by atoms with Crippen molar-refractivity contribution in [3.63, 3.8) is 0 Å². The summed E-state index contributed by atoms with van der Waals surface area (Å²) < 4.78 is 11.1. The summed E-state index contributed by atoms with van der Waals surface area (Å²) >= 11 is 0. The summed E-state index contributed by atoms with van der Waals surface area (Å²) in [7, 11) is 1.64. The van der Waals surface area contributed by atoms with E-state index in [0.29, 0.717) is 17.5 Å². The number of methoxy groups -OCH3 is 1. The molecule has 0 saturated carbocycles. The molecule has 0 aliphatic carbocycles. The summed E-state index contributed by atoms with van der Waals surface area (Å²) in [5, 5.41) is 3.40. The largest absolute Gasteiger partial charge is 0.497 e. The first kappa shape index (κ1) is 13.8. The topological polar surface area (TPSA) is 56.3 Å². The molecule has 1 fully saturated rings. The van der Waals surface area contributed by atoms with Gasteiger partial charge in [-0.3, -0.25) is 4.98 Å². The molecule has 0 radical (unpaired) electrons. The van der Waals surface area contributed by atoms with Crippen LogP contribution in [0.1, 0.15) is 24.5 Å². The molecule has 1 atom stereocenters. The van der Waals surface area contributed by atoms with Gasteiger partial charge >= 0.3 is 0 Å². The second kappa shape index (κ2) is 6.54. The molecule has 1 unspecified atom stereocenters. The van der Waals surface area contributed by atoms with Crippen LogP contribution in [-0.4, -0.2) is 30.2 Å². The van der Waals surface area contributed by atoms with Gasteiger partial charge in [-0.1, -0.05) is 6.07 Å². The van der Waals surface area contributed by atoms with Gasteiger partial charge in [0.05, 0.1) is 7.11 Å². The molecule has 3 rings (SSSR count). The first-order valence-electron chi connectivity index (χ1n) is 7.20. The maximum Gasteiger partial charge on any atom is 0.241 e. The number of ether oxygens (including phenoxy) is 2. The molecular formula is C16H19N3O2. The van der Waals surface area contributed by atoms with E-state index in [2.05, 4.69) is 15.3 Å². The molecule has 1 saturated heterocycles. The van der Waals surface area contributed by atoms with Crippen LogP contribution in [0.2, 0.25) is 0 Å². The summed E-state index contributed by atoms with van der Waals surface area (Å²) in [4.78, 5) is 8.83. The molecule has 21 heavy (non-hydrogen) atoms. The number of rotatable bonds is 4. The Morgan fingerprint density at radius 1 is 1.19 bits per heavy atom. The zero-order valence-electron chi connectivity index (χ0n) is 12.1. The Morgan fingerprint density at radius 2 is 2.05 bits per heavy atom. The fourth-order valence-corrected chi connectivity index (χ4v) is 2.56. The SMILES string of the molecule is COc1cccc(Oc2nccnc2C2CCCNC2)c1. The van der Waals surface area contributed by atoms with Crippen molar-refractivity contribution < 1.29 is 9.47 Å². The van der Waals surface area contributed by atoms with Crippen LogP contribution in [0.3, 0.4) is 0 Å². The smallest absolute Gasteiger partial charge is 0.241 e. The molecular weight excluding hydrogens is 266 g/mol. The predicted molar refractivity (Wildman–Crippen MR) is 79.9 cm³/mol. The number of nitrogens with one attached hydrogen (secondary N) is 1. The minimum Gasteiger partial charge on any atom is -0.497 e. The van der Waals surface area contributed by atoms with E-state index in [1.54, 1.807) is 19.5 Å². The highest BCUT2D eigenvalue weighted by Crippen LogP contribution is 2.31. The Balaban J connectivity index is 1.84. The van der Waals surface area contributed by atoms with Crippen molar-refractivity contribution in [3.8, 4) is 17.4 Å². The van der Waals surface area contributed by atoms with E-state index in [-0.39, 0.29) is 0 Å². The molecule has 0 amide bonds. The van der Waals surface area contributed by atoms with Crippen LogP contribution < -0.4 is 14.8 Å². The van der Waals surface area contributed by atoms with E-state index in [1.165, 1.54) is 0 Å². The highest BCUT2D eigenvalue weighted by molar-refractivity contribution is 5.36. The minimum atomic E-state index is 0.355. The van der Waals surface area contributed by atoms with Crippen LogP contribution in [0.4, 0.5) is 0 Å². The molecule has 1 aliphatic heterocycles.